The fourth-order valence-electron chi connectivity index (χ4n) is 3.01. The molecule has 0 aliphatic heterocycles. The molecule has 2 unspecified atom stereocenters. The van der Waals surface area contributed by atoms with Crippen molar-refractivity contribution in [2.75, 3.05) is 11.9 Å². The summed E-state index contributed by atoms with van der Waals surface area (Å²) in [6.07, 6.45) is 3.21. The van der Waals surface area contributed by atoms with Crippen LogP contribution in [0.25, 0.3) is 0 Å². The second-order valence-electron chi connectivity index (χ2n) is 6.34. The van der Waals surface area contributed by atoms with Gasteiger partial charge in [0.25, 0.3) is 5.91 Å². The van der Waals surface area contributed by atoms with Gasteiger partial charge in [-0.2, -0.15) is 0 Å². The van der Waals surface area contributed by atoms with E-state index in [9.17, 15) is 14.4 Å². The number of aliphatic carboxylic acids is 1. The molecule has 25 heavy (non-hydrogen) atoms. The minimum absolute atomic E-state index is 0.204. The van der Waals surface area contributed by atoms with E-state index < -0.39 is 11.9 Å². The second-order valence-corrected chi connectivity index (χ2v) is 6.75. The first kappa shape index (κ1) is 19.2. The van der Waals surface area contributed by atoms with Crippen LogP contribution in [0.2, 0.25) is 5.02 Å². The molecule has 0 aromatic heterocycles. The SMILES string of the molecule is CCCNC(=O)c1ccc(NC(=O)C2CCCC(C(=O)O)C2)cc1Cl. The molecule has 1 aliphatic rings. The lowest BCUT2D eigenvalue weighted by molar-refractivity contribution is -0.143. The van der Waals surface area contributed by atoms with E-state index in [0.29, 0.717) is 37.1 Å². The Bertz CT molecular complexity index is 662. The number of rotatable bonds is 6. The minimum atomic E-state index is -0.844. The molecule has 3 N–H and O–H groups in total. The highest BCUT2D eigenvalue weighted by molar-refractivity contribution is 6.34. The van der Waals surface area contributed by atoms with E-state index in [4.69, 9.17) is 16.7 Å². The van der Waals surface area contributed by atoms with Crippen LogP contribution < -0.4 is 10.6 Å². The topological polar surface area (TPSA) is 95.5 Å². The van der Waals surface area contributed by atoms with Crippen LogP contribution in [0, 0.1) is 11.8 Å². The van der Waals surface area contributed by atoms with Gasteiger partial charge in [0.05, 0.1) is 16.5 Å². The average molecular weight is 367 g/mol. The maximum atomic E-state index is 12.4. The van der Waals surface area contributed by atoms with Crippen LogP contribution in [0.4, 0.5) is 5.69 Å². The van der Waals surface area contributed by atoms with E-state index in [2.05, 4.69) is 10.6 Å². The third kappa shape index (κ3) is 5.19. The molecule has 1 saturated carbocycles. The Morgan fingerprint density at radius 3 is 2.60 bits per heavy atom. The van der Waals surface area contributed by atoms with Gasteiger partial charge in [-0.3, -0.25) is 14.4 Å². The molecule has 0 saturated heterocycles. The lowest BCUT2D eigenvalue weighted by atomic mass is 9.81. The standard InChI is InChI=1S/C18H23ClN2O4/c1-2-8-20-17(23)14-7-6-13(10-15(14)19)21-16(22)11-4-3-5-12(9-11)18(24)25/h6-7,10-12H,2-5,8-9H2,1H3,(H,20,23)(H,21,22)(H,24,25). The first-order valence-corrected chi connectivity index (χ1v) is 8.91. The number of anilines is 1. The van der Waals surface area contributed by atoms with Crippen LogP contribution >= 0.6 is 11.6 Å². The van der Waals surface area contributed by atoms with Gasteiger partial charge in [0.1, 0.15) is 0 Å². The lowest BCUT2D eigenvalue weighted by Crippen LogP contribution is -2.31. The highest BCUT2D eigenvalue weighted by Crippen LogP contribution is 2.30. The van der Waals surface area contributed by atoms with E-state index >= 15 is 0 Å². The van der Waals surface area contributed by atoms with Crippen molar-refractivity contribution in [3.8, 4) is 0 Å². The maximum Gasteiger partial charge on any atom is 0.306 e. The van der Waals surface area contributed by atoms with Crippen LogP contribution in [0.1, 0.15) is 49.4 Å². The molecular formula is C18H23ClN2O4. The third-order valence-corrected chi connectivity index (χ3v) is 4.72. The Kier molecular flexibility index (Phi) is 6.82. The van der Waals surface area contributed by atoms with Gasteiger partial charge in [-0.15, -0.1) is 0 Å². The van der Waals surface area contributed by atoms with E-state index in [-0.39, 0.29) is 22.8 Å². The number of carbonyl (C=O) groups is 3. The van der Waals surface area contributed by atoms with Crippen molar-refractivity contribution in [2.24, 2.45) is 11.8 Å². The first-order valence-electron chi connectivity index (χ1n) is 8.53. The summed E-state index contributed by atoms with van der Waals surface area (Å²) in [5, 5.41) is 14.9. The van der Waals surface area contributed by atoms with Crippen LogP contribution in [0.5, 0.6) is 0 Å². The van der Waals surface area contributed by atoms with Gasteiger partial charge in [-0.25, -0.2) is 0 Å². The highest BCUT2D eigenvalue weighted by atomic mass is 35.5. The number of hydrogen-bond donors (Lipinski definition) is 3. The molecule has 2 rings (SSSR count). The Labute approximate surface area is 151 Å². The number of amides is 2. The molecule has 0 heterocycles. The summed E-state index contributed by atoms with van der Waals surface area (Å²) in [5.74, 6) is -2.08. The van der Waals surface area contributed by atoms with Gasteiger partial charge < -0.3 is 15.7 Å². The lowest BCUT2D eigenvalue weighted by Gasteiger charge is -2.25. The molecule has 1 aromatic rings. The van der Waals surface area contributed by atoms with Crippen molar-refractivity contribution >= 4 is 35.1 Å². The van der Waals surface area contributed by atoms with Crippen molar-refractivity contribution in [2.45, 2.75) is 39.0 Å². The number of carbonyl (C=O) groups excluding carboxylic acids is 2. The maximum absolute atomic E-state index is 12.4. The van der Waals surface area contributed by atoms with Crippen molar-refractivity contribution in [3.63, 3.8) is 0 Å². The van der Waals surface area contributed by atoms with E-state index in [0.717, 1.165) is 12.8 Å². The first-order chi connectivity index (χ1) is 11.9. The summed E-state index contributed by atoms with van der Waals surface area (Å²) in [6.45, 7) is 2.53. The number of benzene rings is 1. The molecule has 6 nitrogen and oxygen atoms in total. The van der Waals surface area contributed by atoms with Gasteiger partial charge >= 0.3 is 5.97 Å². The smallest absolute Gasteiger partial charge is 0.306 e. The molecular weight excluding hydrogens is 344 g/mol. The monoisotopic (exact) mass is 366 g/mol. The fourth-order valence-corrected chi connectivity index (χ4v) is 3.27. The number of carboxylic acid groups (broad SMARTS) is 1. The quantitative estimate of drug-likeness (QED) is 0.719. The Morgan fingerprint density at radius 1 is 1.24 bits per heavy atom. The minimum Gasteiger partial charge on any atom is -0.481 e. The van der Waals surface area contributed by atoms with Crippen LogP contribution in [0.15, 0.2) is 18.2 Å². The summed E-state index contributed by atoms with van der Waals surface area (Å²) in [5.41, 5.74) is 0.858. The fraction of sp³-hybridized carbons (Fsp3) is 0.500. The Morgan fingerprint density at radius 2 is 1.96 bits per heavy atom. The molecule has 2 atom stereocenters. The summed E-state index contributed by atoms with van der Waals surface area (Å²) in [7, 11) is 0. The van der Waals surface area contributed by atoms with Crippen molar-refractivity contribution in [1.82, 2.24) is 5.32 Å². The normalized spacial score (nSPS) is 19.9. The predicted molar refractivity (Wildman–Crippen MR) is 95.8 cm³/mol. The number of nitrogens with one attached hydrogen (secondary N) is 2. The highest BCUT2D eigenvalue weighted by Gasteiger charge is 2.31. The summed E-state index contributed by atoms with van der Waals surface area (Å²) < 4.78 is 0. The Balaban J connectivity index is 2.00. The molecule has 2 amide bonds. The predicted octanol–water partition coefficient (Wildman–Crippen LogP) is 3.31. The Hall–Kier alpha value is -2.08. The molecule has 7 heteroatoms. The van der Waals surface area contributed by atoms with Crippen LogP contribution in [-0.2, 0) is 9.59 Å². The van der Waals surface area contributed by atoms with Gasteiger partial charge in [-0.1, -0.05) is 24.9 Å². The van der Waals surface area contributed by atoms with E-state index in [1.807, 2.05) is 6.92 Å². The third-order valence-electron chi connectivity index (χ3n) is 4.41. The van der Waals surface area contributed by atoms with Gasteiger partial charge in [0.2, 0.25) is 5.91 Å². The average Bonchev–Trinajstić information content (AvgIpc) is 2.59. The van der Waals surface area contributed by atoms with Crippen molar-refractivity contribution < 1.29 is 19.5 Å². The summed E-state index contributed by atoms with van der Waals surface area (Å²) in [4.78, 5) is 35.5. The summed E-state index contributed by atoms with van der Waals surface area (Å²) in [6, 6.07) is 4.74. The summed E-state index contributed by atoms with van der Waals surface area (Å²) >= 11 is 6.15. The van der Waals surface area contributed by atoms with Crippen molar-refractivity contribution in [3.05, 3.63) is 28.8 Å². The molecule has 136 valence electrons. The molecule has 1 fully saturated rings. The second kappa shape index (κ2) is 8.85. The van der Waals surface area contributed by atoms with Gasteiger partial charge in [0, 0.05) is 18.2 Å². The number of halogens is 1. The molecule has 0 spiro atoms. The van der Waals surface area contributed by atoms with Crippen molar-refractivity contribution in [1.29, 1.82) is 0 Å². The van der Waals surface area contributed by atoms with Crippen LogP contribution in [0.3, 0.4) is 0 Å². The molecule has 1 aliphatic carbocycles. The molecule has 1 aromatic carbocycles. The largest absolute Gasteiger partial charge is 0.481 e. The molecule has 0 bridgehead atoms. The van der Waals surface area contributed by atoms with E-state index in [1.54, 1.807) is 12.1 Å². The zero-order valence-electron chi connectivity index (χ0n) is 14.2. The number of hydrogen-bond acceptors (Lipinski definition) is 3. The van der Waals surface area contributed by atoms with Gasteiger partial charge in [-0.05, 0) is 43.9 Å². The van der Waals surface area contributed by atoms with Crippen LogP contribution in [-0.4, -0.2) is 29.4 Å². The molecule has 0 radical (unpaired) electrons. The van der Waals surface area contributed by atoms with E-state index in [1.165, 1.54) is 6.07 Å². The van der Waals surface area contributed by atoms with Gasteiger partial charge in [0.15, 0.2) is 0 Å². The zero-order valence-corrected chi connectivity index (χ0v) is 14.9. The zero-order chi connectivity index (χ0) is 18.4. The number of carboxylic acids is 1.